The van der Waals surface area contributed by atoms with E-state index in [0.29, 0.717) is 5.41 Å². The van der Waals surface area contributed by atoms with Crippen molar-refractivity contribution < 1.29 is 5.11 Å². The molecule has 0 radical (unpaired) electrons. The summed E-state index contributed by atoms with van der Waals surface area (Å²) in [5, 5.41) is 9.15. The molecule has 1 nitrogen and oxygen atoms in total. The number of rotatable bonds is 2. The van der Waals surface area contributed by atoms with Crippen molar-refractivity contribution in [1.29, 1.82) is 0 Å². The highest BCUT2D eigenvalue weighted by Gasteiger charge is 2.25. The van der Waals surface area contributed by atoms with Crippen LogP contribution in [0.1, 0.15) is 47.0 Å². The molecule has 86 valence electrons. The topological polar surface area (TPSA) is 20.2 Å². The summed E-state index contributed by atoms with van der Waals surface area (Å²) in [6.07, 6.45) is 9.56. The summed E-state index contributed by atoms with van der Waals surface area (Å²) in [4.78, 5) is 0. The van der Waals surface area contributed by atoms with Crippen molar-refractivity contribution in [2.24, 2.45) is 11.3 Å². The van der Waals surface area contributed by atoms with Crippen molar-refractivity contribution in [3.8, 4) is 0 Å². The fourth-order valence-corrected chi connectivity index (χ4v) is 2.06. The summed E-state index contributed by atoms with van der Waals surface area (Å²) >= 11 is 0. The smallest absolute Gasteiger partial charge is 0.0695 e. The van der Waals surface area contributed by atoms with E-state index in [1.165, 1.54) is 18.4 Å². The van der Waals surface area contributed by atoms with E-state index in [1.54, 1.807) is 6.92 Å². The Morgan fingerprint density at radius 2 is 2.13 bits per heavy atom. The minimum atomic E-state index is -0.328. The maximum absolute atomic E-state index is 9.15. The molecule has 2 atom stereocenters. The highest BCUT2D eigenvalue weighted by Crippen LogP contribution is 2.37. The fourth-order valence-electron chi connectivity index (χ4n) is 2.06. The number of hydrogen-bond donors (Lipinski definition) is 1. The first-order valence-corrected chi connectivity index (χ1v) is 5.95. The Hall–Kier alpha value is -0.560. The molecule has 1 heteroatoms. The first kappa shape index (κ1) is 12.5. The van der Waals surface area contributed by atoms with Crippen LogP contribution in [-0.2, 0) is 0 Å². The van der Waals surface area contributed by atoms with Gasteiger partial charge in [-0.3, -0.25) is 0 Å². The molecular weight excluding hydrogens is 184 g/mol. The van der Waals surface area contributed by atoms with Crippen LogP contribution >= 0.6 is 0 Å². The molecule has 2 unspecified atom stereocenters. The van der Waals surface area contributed by atoms with Crippen LogP contribution in [0.25, 0.3) is 0 Å². The third-order valence-corrected chi connectivity index (χ3v) is 3.26. The lowest BCUT2D eigenvalue weighted by Crippen LogP contribution is -2.21. The molecule has 0 bridgehead atoms. The molecule has 0 saturated heterocycles. The summed E-state index contributed by atoms with van der Waals surface area (Å²) in [5.74, 6) is 0.807. The van der Waals surface area contributed by atoms with Gasteiger partial charge in [-0.1, -0.05) is 44.6 Å². The van der Waals surface area contributed by atoms with Crippen LogP contribution in [0, 0.1) is 11.3 Å². The van der Waals surface area contributed by atoms with Gasteiger partial charge in [0, 0.05) is 0 Å². The molecule has 1 aliphatic rings. The van der Waals surface area contributed by atoms with E-state index < -0.39 is 0 Å². The van der Waals surface area contributed by atoms with Gasteiger partial charge in [-0.2, -0.15) is 0 Å². The van der Waals surface area contributed by atoms with E-state index in [4.69, 9.17) is 5.11 Å². The number of hydrogen-bond acceptors (Lipinski definition) is 1. The quantitative estimate of drug-likeness (QED) is 0.733. The average molecular weight is 208 g/mol. The third-order valence-electron chi connectivity index (χ3n) is 3.26. The molecular formula is C14H24O. The molecule has 15 heavy (non-hydrogen) atoms. The minimum Gasteiger partial charge on any atom is -0.389 e. The number of aliphatic hydroxyl groups excluding tert-OH is 1. The zero-order chi connectivity index (χ0) is 11.5. The van der Waals surface area contributed by atoms with E-state index >= 15 is 0 Å². The van der Waals surface area contributed by atoms with Crippen molar-refractivity contribution in [2.45, 2.75) is 53.1 Å². The van der Waals surface area contributed by atoms with Gasteiger partial charge < -0.3 is 5.11 Å². The maximum Gasteiger partial charge on any atom is 0.0695 e. The highest BCUT2D eigenvalue weighted by atomic mass is 16.3. The molecule has 0 aromatic rings. The van der Waals surface area contributed by atoms with E-state index in [0.717, 1.165) is 12.3 Å². The Morgan fingerprint density at radius 1 is 1.47 bits per heavy atom. The number of aliphatic hydroxyl groups is 1. The monoisotopic (exact) mass is 208 g/mol. The van der Waals surface area contributed by atoms with Gasteiger partial charge in [0.2, 0.25) is 0 Å². The first-order chi connectivity index (χ1) is 6.89. The van der Waals surface area contributed by atoms with Gasteiger partial charge >= 0.3 is 0 Å². The average Bonchev–Trinajstić information content (AvgIpc) is 2.14. The second kappa shape index (κ2) is 4.98. The van der Waals surface area contributed by atoms with Gasteiger partial charge in [-0.15, -0.1) is 0 Å². The van der Waals surface area contributed by atoms with Crippen molar-refractivity contribution in [3.63, 3.8) is 0 Å². The predicted octanol–water partition coefficient (Wildman–Crippen LogP) is 3.70. The summed E-state index contributed by atoms with van der Waals surface area (Å²) in [5.41, 5.74) is 1.81. The SMILES string of the molecule is CC(O)/C=C/C1=CCC(C(C)(C)C)CC1. The van der Waals surface area contributed by atoms with Crippen LogP contribution in [0.4, 0.5) is 0 Å². The molecule has 0 aliphatic heterocycles. The normalized spacial score (nSPS) is 25.4. The molecule has 0 aromatic heterocycles. The summed E-state index contributed by atoms with van der Waals surface area (Å²) in [6.45, 7) is 8.75. The van der Waals surface area contributed by atoms with Crippen LogP contribution in [0.3, 0.4) is 0 Å². The molecule has 0 heterocycles. The largest absolute Gasteiger partial charge is 0.389 e. The van der Waals surface area contributed by atoms with E-state index in [-0.39, 0.29) is 6.10 Å². The maximum atomic E-state index is 9.15. The van der Waals surface area contributed by atoms with Crippen LogP contribution in [0.2, 0.25) is 0 Å². The standard InChI is InChI=1S/C14H24O/c1-11(15)5-6-12-7-9-13(10-8-12)14(2,3)4/h5-7,11,13,15H,8-10H2,1-4H3/b6-5+. The number of allylic oxidation sites excluding steroid dienone is 3. The van der Waals surface area contributed by atoms with Gasteiger partial charge in [-0.05, 0) is 37.5 Å². The molecule has 0 amide bonds. The second-order valence-electron chi connectivity index (χ2n) is 5.72. The predicted molar refractivity (Wildman–Crippen MR) is 65.7 cm³/mol. The Labute approximate surface area is 93.9 Å². The van der Waals surface area contributed by atoms with Gasteiger partial charge in [0.25, 0.3) is 0 Å². The summed E-state index contributed by atoms with van der Waals surface area (Å²) in [7, 11) is 0. The lowest BCUT2D eigenvalue weighted by molar-refractivity contribution is 0.221. The van der Waals surface area contributed by atoms with Gasteiger partial charge in [-0.25, -0.2) is 0 Å². The molecule has 0 aromatic carbocycles. The summed E-state index contributed by atoms with van der Waals surface area (Å²) in [6, 6.07) is 0. The third kappa shape index (κ3) is 4.21. The zero-order valence-corrected chi connectivity index (χ0v) is 10.5. The fraction of sp³-hybridized carbons (Fsp3) is 0.714. The lowest BCUT2D eigenvalue weighted by Gasteiger charge is -2.32. The Kier molecular flexibility index (Phi) is 4.15. The van der Waals surface area contributed by atoms with Crippen molar-refractivity contribution in [2.75, 3.05) is 0 Å². The van der Waals surface area contributed by atoms with E-state index in [9.17, 15) is 0 Å². The second-order valence-corrected chi connectivity index (χ2v) is 5.72. The summed E-state index contributed by atoms with van der Waals surface area (Å²) < 4.78 is 0. The molecule has 0 saturated carbocycles. The van der Waals surface area contributed by atoms with Crippen molar-refractivity contribution >= 4 is 0 Å². The van der Waals surface area contributed by atoms with Gasteiger partial charge in [0.1, 0.15) is 0 Å². The molecule has 1 aliphatic carbocycles. The van der Waals surface area contributed by atoms with Gasteiger partial charge in [0.05, 0.1) is 6.10 Å². The zero-order valence-electron chi connectivity index (χ0n) is 10.5. The minimum absolute atomic E-state index is 0.328. The van der Waals surface area contributed by atoms with E-state index in [1.807, 2.05) is 6.08 Å². The Bertz CT molecular complexity index is 253. The molecule has 0 fully saturated rings. The van der Waals surface area contributed by atoms with Crippen molar-refractivity contribution in [1.82, 2.24) is 0 Å². The lowest BCUT2D eigenvalue weighted by atomic mass is 9.73. The van der Waals surface area contributed by atoms with Crippen molar-refractivity contribution in [3.05, 3.63) is 23.8 Å². The first-order valence-electron chi connectivity index (χ1n) is 5.95. The van der Waals surface area contributed by atoms with E-state index in [2.05, 4.69) is 32.9 Å². The molecule has 0 spiro atoms. The van der Waals surface area contributed by atoms with Crippen LogP contribution in [-0.4, -0.2) is 11.2 Å². The molecule has 1 rings (SSSR count). The van der Waals surface area contributed by atoms with Crippen LogP contribution < -0.4 is 0 Å². The Balaban J connectivity index is 2.52. The molecule has 1 N–H and O–H groups in total. The Morgan fingerprint density at radius 3 is 2.53 bits per heavy atom. The van der Waals surface area contributed by atoms with Gasteiger partial charge in [0.15, 0.2) is 0 Å². The van der Waals surface area contributed by atoms with Crippen LogP contribution in [0.15, 0.2) is 23.8 Å². The highest BCUT2D eigenvalue weighted by molar-refractivity contribution is 5.21. The van der Waals surface area contributed by atoms with Crippen LogP contribution in [0.5, 0.6) is 0 Å².